The van der Waals surface area contributed by atoms with Crippen LogP contribution in [0.15, 0.2) is 54.6 Å². The van der Waals surface area contributed by atoms with Crippen LogP contribution >= 0.6 is 0 Å². The molecule has 2 aromatic carbocycles. The van der Waals surface area contributed by atoms with Crippen molar-refractivity contribution < 1.29 is 14.7 Å². The van der Waals surface area contributed by atoms with Crippen molar-refractivity contribution in [3.05, 3.63) is 65.7 Å². The average molecular weight is 354 g/mol. The highest BCUT2D eigenvalue weighted by Crippen LogP contribution is 2.28. The fourth-order valence-electron chi connectivity index (χ4n) is 2.80. The third kappa shape index (κ3) is 5.09. The highest BCUT2D eigenvalue weighted by Gasteiger charge is 2.34. The number of anilines is 1. The summed E-state index contributed by atoms with van der Waals surface area (Å²) in [6, 6.07) is 15.5. The third-order valence-electron chi connectivity index (χ3n) is 3.97. The fraction of sp³-hybridized carbons (Fsp3) is 0.333. The van der Waals surface area contributed by atoms with Gasteiger partial charge in [-0.05, 0) is 29.5 Å². The Kier molecular flexibility index (Phi) is 6.03. The molecule has 0 bridgehead atoms. The van der Waals surface area contributed by atoms with Crippen LogP contribution in [0.25, 0.3) is 0 Å². The van der Waals surface area contributed by atoms with E-state index in [9.17, 15) is 14.7 Å². The zero-order valence-electron chi connectivity index (χ0n) is 15.7. The number of nitrogens with zero attached hydrogens (tertiary/aromatic N) is 1. The van der Waals surface area contributed by atoms with Crippen molar-refractivity contribution in [1.29, 1.82) is 0 Å². The second kappa shape index (κ2) is 8.04. The lowest BCUT2D eigenvalue weighted by atomic mass is 9.94. The number of carbonyl (C=O) groups excluding carboxylic acids is 1. The predicted molar refractivity (Wildman–Crippen MR) is 103 cm³/mol. The minimum Gasteiger partial charge on any atom is -0.465 e. The van der Waals surface area contributed by atoms with Gasteiger partial charge in [0.2, 0.25) is 0 Å². The van der Waals surface area contributed by atoms with E-state index in [1.807, 2.05) is 58.0 Å². The molecule has 2 aromatic rings. The predicted octanol–water partition coefficient (Wildman–Crippen LogP) is 4.70. The molecule has 1 unspecified atom stereocenters. The summed E-state index contributed by atoms with van der Waals surface area (Å²) in [5.74, 6) is -0.364. The van der Waals surface area contributed by atoms with Crippen molar-refractivity contribution in [3.8, 4) is 0 Å². The van der Waals surface area contributed by atoms with Gasteiger partial charge in [-0.15, -0.1) is 0 Å². The first-order chi connectivity index (χ1) is 12.2. The minimum absolute atomic E-state index is 0.239. The summed E-state index contributed by atoms with van der Waals surface area (Å²) in [5.41, 5.74) is 1.96. The van der Waals surface area contributed by atoms with E-state index < -0.39 is 12.1 Å². The van der Waals surface area contributed by atoms with Crippen LogP contribution in [0, 0.1) is 12.3 Å². The van der Waals surface area contributed by atoms with Crippen LogP contribution in [0.3, 0.4) is 0 Å². The molecule has 0 heterocycles. The molecule has 2 rings (SSSR count). The van der Waals surface area contributed by atoms with Crippen molar-refractivity contribution in [2.75, 3.05) is 11.9 Å². The summed E-state index contributed by atoms with van der Waals surface area (Å²) in [6.45, 7) is 7.99. The fourth-order valence-corrected chi connectivity index (χ4v) is 2.80. The third-order valence-corrected chi connectivity index (χ3v) is 3.97. The SMILES string of the molecule is Cc1ccccc1NC(=O)C(c1ccccc1)N(CC(C)(C)C)C(=O)O. The molecule has 0 fully saturated rings. The van der Waals surface area contributed by atoms with E-state index in [4.69, 9.17) is 0 Å². The molecular formula is C21H26N2O3. The van der Waals surface area contributed by atoms with Gasteiger partial charge in [0.05, 0.1) is 0 Å². The Balaban J connectivity index is 2.41. The van der Waals surface area contributed by atoms with Crippen LogP contribution in [0.4, 0.5) is 10.5 Å². The molecule has 0 aliphatic rings. The second-order valence-corrected chi connectivity index (χ2v) is 7.59. The van der Waals surface area contributed by atoms with Crippen molar-refractivity contribution >= 4 is 17.7 Å². The lowest BCUT2D eigenvalue weighted by Gasteiger charge is -2.34. The lowest BCUT2D eigenvalue weighted by Crippen LogP contribution is -2.44. The monoisotopic (exact) mass is 354 g/mol. The van der Waals surface area contributed by atoms with E-state index in [1.165, 1.54) is 4.90 Å². The number of carboxylic acid groups (broad SMARTS) is 1. The van der Waals surface area contributed by atoms with Gasteiger partial charge in [0.15, 0.2) is 0 Å². The number of aryl methyl sites for hydroxylation is 1. The maximum absolute atomic E-state index is 13.1. The summed E-state index contributed by atoms with van der Waals surface area (Å²) >= 11 is 0. The van der Waals surface area contributed by atoms with E-state index in [2.05, 4.69) is 5.32 Å². The van der Waals surface area contributed by atoms with Gasteiger partial charge in [0.1, 0.15) is 6.04 Å². The summed E-state index contributed by atoms with van der Waals surface area (Å²) in [7, 11) is 0. The molecule has 0 aliphatic carbocycles. The normalized spacial score (nSPS) is 12.3. The second-order valence-electron chi connectivity index (χ2n) is 7.59. The Morgan fingerprint density at radius 1 is 1.04 bits per heavy atom. The first kappa shape index (κ1) is 19.5. The smallest absolute Gasteiger partial charge is 0.408 e. The Morgan fingerprint density at radius 3 is 2.15 bits per heavy atom. The molecule has 0 aliphatic heterocycles. The van der Waals surface area contributed by atoms with E-state index in [0.29, 0.717) is 11.3 Å². The molecular weight excluding hydrogens is 328 g/mol. The number of benzene rings is 2. The van der Waals surface area contributed by atoms with Gasteiger partial charge < -0.3 is 10.4 Å². The number of carbonyl (C=O) groups is 2. The molecule has 5 heteroatoms. The van der Waals surface area contributed by atoms with Crippen LogP contribution in [0.1, 0.15) is 37.9 Å². The number of nitrogens with one attached hydrogen (secondary N) is 1. The Bertz CT molecular complexity index is 766. The van der Waals surface area contributed by atoms with Crippen molar-refractivity contribution in [2.45, 2.75) is 33.7 Å². The van der Waals surface area contributed by atoms with Gasteiger partial charge in [0, 0.05) is 12.2 Å². The summed E-state index contributed by atoms with van der Waals surface area (Å²) < 4.78 is 0. The van der Waals surface area contributed by atoms with E-state index in [0.717, 1.165) is 5.56 Å². The number of para-hydroxylation sites is 1. The van der Waals surface area contributed by atoms with Crippen LogP contribution in [-0.2, 0) is 4.79 Å². The van der Waals surface area contributed by atoms with Crippen LogP contribution in [0.5, 0.6) is 0 Å². The molecule has 5 nitrogen and oxygen atoms in total. The number of hydrogen-bond donors (Lipinski definition) is 2. The van der Waals surface area contributed by atoms with Gasteiger partial charge in [-0.2, -0.15) is 0 Å². The Labute approximate surface area is 154 Å². The number of rotatable bonds is 5. The average Bonchev–Trinajstić information content (AvgIpc) is 2.56. The molecule has 1 atom stereocenters. The molecule has 0 saturated heterocycles. The molecule has 0 radical (unpaired) electrons. The summed E-state index contributed by atoms with van der Waals surface area (Å²) in [6.07, 6.45) is -1.12. The molecule has 138 valence electrons. The van der Waals surface area contributed by atoms with Crippen molar-refractivity contribution in [1.82, 2.24) is 4.90 Å². The molecule has 2 N–H and O–H groups in total. The molecule has 0 spiro atoms. The van der Waals surface area contributed by atoms with Gasteiger partial charge >= 0.3 is 6.09 Å². The van der Waals surface area contributed by atoms with E-state index in [1.54, 1.807) is 24.3 Å². The molecule has 0 aromatic heterocycles. The zero-order chi connectivity index (χ0) is 19.3. The van der Waals surface area contributed by atoms with Gasteiger partial charge in [-0.1, -0.05) is 69.3 Å². The van der Waals surface area contributed by atoms with Gasteiger partial charge in [-0.3, -0.25) is 9.69 Å². The molecule has 0 saturated carbocycles. The Morgan fingerprint density at radius 2 is 1.62 bits per heavy atom. The number of hydrogen-bond acceptors (Lipinski definition) is 2. The first-order valence-electron chi connectivity index (χ1n) is 8.60. The number of amides is 2. The highest BCUT2D eigenvalue weighted by molar-refractivity contribution is 5.97. The summed E-state index contributed by atoms with van der Waals surface area (Å²) in [5, 5.41) is 12.7. The minimum atomic E-state index is -1.12. The van der Waals surface area contributed by atoms with Crippen LogP contribution < -0.4 is 5.32 Å². The quantitative estimate of drug-likeness (QED) is 0.817. The van der Waals surface area contributed by atoms with Gasteiger partial charge in [-0.25, -0.2) is 4.79 Å². The van der Waals surface area contributed by atoms with Gasteiger partial charge in [0.25, 0.3) is 5.91 Å². The zero-order valence-corrected chi connectivity index (χ0v) is 15.7. The largest absolute Gasteiger partial charge is 0.465 e. The van der Waals surface area contributed by atoms with Crippen molar-refractivity contribution in [3.63, 3.8) is 0 Å². The molecule has 2 amide bonds. The maximum Gasteiger partial charge on any atom is 0.408 e. The first-order valence-corrected chi connectivity index (χ1v) is 8.60. The van der Waals surface area contributed by atoms with Crippen LogP contribution in [0.2, 0.25) is 0 Å². The standard InChI is InChI=1S/C21H26N2O3/c1-15-10-8-9-13-17(15)22-19(24)18(16-11-6-5-7-12-16)23(20(25)26)14-21(2,3)4/h5-13,18H,14H2,1-4H3,(H,22,24)(H,25,26). The Hall–Kier alpha value is -2.82. The van der Waals surface area contributed by atoms with Crippen LogP contribution in [-0.4, -0.2) is 28.6 Å². The lowest BCUT2D eigenvalue weighted by molar-refractivity contribution is -0.121. The topological polar surface area (TPSA) is 69.6 Å². The molecule has 26 heavy (non-hydrogen) atoms. The maximum atomic E-state index is 13.1. The highest BCUT2D eigenvalue weighted by atomic mass is 16.4. The summed E-state index contributed by atoms with van der Waals surface area (Å²) in [4.78, 5) is 26.3. The van der Waals surface area contributed by atoms with Crippen molar-refractivity contribution in [2.24, 2.45) is 5.41 Å². The van der Waals surface area contributed by atoms with E-state index in [-0.39, 0.29) is 17.9 Å². The van der Waals surface area contributed by atoms with E-state index >= 15 is 0 Å².